The fourth-order valence-corrected chi connectivity index (χ4v) is 4.37. The summed E-state index contributed by atoms with van der Waals surface area (Å²) < 4.78 is 11.4. The molecule has 1 aliphatic heterocycles. The van der Waals surface area contributed by atoms with Gasteiger partial charge in [0.15, 0.2) is 0 Å². The van der Waals surface area contributed by atoms with E-state index in [1.165, 1.54) is 0 Å². The van der Waals surface area contributed by atoms with Crippen molar-refractivity contribution in [2.45, 2.75) is 4.90 Å². The van der Waals surface area contributed by atoms with Gasteiger partial charge in [0, 0.05) is 57.8 Å². The Morgan fingerprint density at radius 1 is 1.16 bits per heavy atom. The molecular formula is C18H19ClN2O2S2. The molecule has 4 nitrogen and oxygen atoms in total. The molecule has 0 saturated carbocycles. The third-order valence-electron chi connectivity index (χ3n) is 4.01. The van der Waals surface area contributed by atoms with Gasteiger partial charge in [-0.2, -0.15) is 11.8 Å². The standard InChI is InChI=1S/C18H19ClN2O2S2/c1-25(23)15-5-2-13(3-6-15)18(22)20-14-4-7-17(16(19)12-14)21-8-10-24-11-9-21/h2-7,12H,8-11H2,1H3,(H,20,22)/t25-/m1/s1. The summed E-state index contributed by atoms with van der Waals surface area (Å²) in [6.07, 6.45) is 1.61. The second-order valence-electron chi connectivity index (χ2n) is 5.70. The van der Waals surface area contributed by atoms with Crippen LogP contribution in [0.25, 0.3) is 0 Å². The van der Waals surface area contributed by atoms with Crippen molar-refractivity contribution < 1.29 is 9.00 Å². The first-order valence-electron chi connectivity index (χ1n) is 7.91. The molecule has 0 radical (unpaired) electrons. The number of carbonyl (C=O) groups excluding carboxylic acids is 1. The Hall–Kier alpha value is -1.50. The lowest BCUT2D eigenvalue weighted by atomic mass is 10.2. The van der Waals surface area contributed by atoms with Crippen LogP contribution in [0.3, 0.4) is 0 Å². The molecule has 1 heterocycles. The molecule has 1 atom stereocenters. The lowest BCUT2D eigenvalue weighted by Gasteiger charge is -2.29. The van der Waals surface area contributed by atoms with Crippen LogP contribution in [0.1, 0.15) is 10.4 Å². The van der Waals surface area contributed by atoms with Crippen molar-refractivity contribution in [3.63, 3.8) is 0 Å². The van der Waals surface area contributed by atoms with E-state index < -0.39 is 10.8 Å². The van der Waals surface area contributed by atoms with Crippen LogP contribution >= 0.6 is 23.4 Å². The minimum absolute atomic E-state index is 0.216. The van der Waals surface area contributed by atoms with Gasteiger partial charge in [-0.1, -0.05) is 11.6 Å². The molecule has 0 unspecified atom stereocenters. The summed E-state index contributed by atoms with van der Waals surface area (Å²) in [5, 5.41) is 3.50. The predicted octanol–water partition coefficient (Wildman–Crippen LogP) is 3.88. The fraction of sp³-hybridized carbons (Fsp3) is 0.278. The molecule has 0 bridgehead atoms. The minimum Gasteiger partial charge on any atom is -0.369 e. The van der Waals surface area contributed by atoms with Crippen molar-refractivity contribution in [2.24, 2.45) is 0 Å². The van der Waals surface area contributed by atoms with Gasteiger partial charge in [-0.25, -0.2) is 0 Å². The fourth-order valence-electron chi connectivity index (χ4n) is 2.65. The maximum absolute atomic E-state index is 12.3. The van der Waals surface area contributed by atoms with Crippen LogP contribution in [-0.2, 0) is 10.8 Å². The maximum Gasteiger partial charge on any atom is 0.255 e. The quantitative estimate of drug-likeness (QED) is 0.854. The number of carbonyl (C=O) groups is 1. The molecule has 1 fully saturated rings. The summed E-state index contributed by atoms with van der Waals surface area (Å²) in [4.78, 5) is 15.3. The Morgan fingerprint density at radius 2 is 1.84 bits per heavy atom. The van der Waals surface area contributed by atoms with Gasteiger partial charge in [0.1, 0.15) is 0 Å². The highest BCUT2D eigenvalue weighted by atomic mass is 35.5. The molecule has 0 spiro atoms. The number of hydrogen-bond donors (Lipinski definition) is 1. The highest BCUT2D eigenvalue weighted by Crippen LogP contribution is 2.30. The van der Waals surface area contributed by atoms with Crippen molar-refractivity contribution in [1.82, 2.24) is 0 Å². The van der Waals surface area contributed by atoms with E-state index in [1.807, 2.05) is 23.9 Å². The van der Waals surface area contributed by atoms with Crippen LogP contribution in [0, 0.1) is 0 Å². The second kappa shape index (κ2) is 8.25. The van der Waals surface area contributed by atoms with Crippen LogP contribution in [0.15, 0.2) is 47.4 Å². The zero-order chi connectivity index (χ0) is 17.8. The number of rotatable bonds is 4. The van der Waals surface area contributed by atoms with Crippen LogP contribution in [-0.4, -0.2) is 41.0 Å². The van der Waals surface area contributed by atoms with Gasteiger partial charge < -0.3 is 10.2 Å². The molecule has 1 saturated heterocycles. The highest BCUT2D eigenvalue weighted by Gasteiger charge is 2.15. The van der Waals surface area contributed by atoms with Gasteiger partial charge in [-0.15, -0.1) is 0 Å². The topological polar surface area (TPSA) is 49.4 Å². The van der Waals surface area contributed by atoms with Crippen molar-refractivity contribution in [3.05, 3.63) is 53.1 Å². The van der Waals surface area contributed by atoms with Gasteiger partial charge in [0.25, 0.3) is 5.91 Å². The average Bonchev–Trinajstić information content (AvgIpc) is 2.62. The Bertz CT molecular complexity index is 790. The van der Waals surface area contributed by atoms with E-state index in [-0.39, 0.29) is 5.91 Å². The number of amides is 1. The Balaban J connectivity index is 1.70. The summed E-state index contributed by atoms with van der Waals surface area (Å²) in [5.74, 6) is 1.99. The van der Waals surface area contributed by atoms with E-state index in [9.17, 15) is 9.00 Å². The SMILES string of the molecule is C[S@@](=O)c1ccc(C(=O)Nc2ccc(N3CCSCC3)c(Cl)c2)cc1. The van der Waals surface area contributed by atoms with Gasteiger partial charge in [-0.3, -0.25) is 9.00 Å². The highest BCUT2D eigenvalue weighted by molar-refractivity contribution is 7.99. The molecule has 2 aromatic rings. The number of halogens is 1. The molecule has 7 heteroatoms. The van der Waals surface area contributed by atoms with Crippen LogP contribution < -0.4 is 10.2 Å². The van der Waals surface area contributed by atoms with Crippen LogP contribution in [0.2, 0.25) is 5.02 Å². The predicted molar refractivity (Wildman–Crippen MR) is 108 cm³/mol. The van der Waals surface area contributed by atoms with Gasteiger partial charge in [0.05, 0.1) is 10.7 Å². The monoisotopic (exact) mass is 394 g/mol. The molecule has 0 aliphatic carbocycles. The van der Waals surface area contributed by atoms with Gasteiger partial charge in [-0.05, 0) is 42.5 Å². The Kier molecular flexibility index (Phi) is 6.04. The molecule has 1 amide bonds. The number of nitrogens with one attached hydrogen (secondary N) is 1. The second-order valence-corrected chi connectivity index (χ2v) is 8.71. The van der Waals surface area contributed by atoms with Crippen molar-refractivity contribution >= 4 is 51.4 Å². The summed E-state index contributed by atoms with van der Waals surface area (Å²) in [6, 6.07) is 12.4. The normalized spacial score (nSPS) is 15.7. The first kappa shape index (κ1) is 18.3. The maximum atomic E-state index is 12.3. The summed E-state index contributed by atoms with van der Waals surface area (Å²) in [7, 11) is -1.05. The number of nitrogens with zero attached hydrogens (tertiary/aromatic N) is 1. The molecule has 2 aromatic carbocycles. The smallest absolute Gasteiger partial charge is 0.255 e. The summed E-state index contributed by atoms with van der Waals surface area (Å²) >= 11 is 8.36. The number of thioether (sulfide) groups is 1. The molecule has 25 heavy (non-hydrogen) atoms. The zero-order valence-corrected chi connectivity index (χ0v) is 16.2. The summed E-state index contributed by atoms with van der Waals surface area (Å²) in [5.41, 5.74) is 2.19. The van der Waals surface area contributed by atoms with Crippen LogP contribution in [0.5, 0.6) is 0 Å². The lowest BCUT2D eigenvalue weighted by Crippen LogP contribution is -2.32. The first-order valence-corrected chi connectivity index (χ1v) is 11.0. The first-order chi connectivity index (χ1) is 12.0. The number of benzene rings is 2. The zero-order valence-electron chi connectivity index (χ0n) is 13.8. The van der Waals surface area contributed by atoms with Gasteiger partial charge >= 0.3 is 0 Å². The largest absolute Gasteiger partial charge is 0.369 e. The number of anilines is 2. The molecule has 132 valence electrons. The third-order valence-corrected chi connectivity index (χ3v) is 6.19. The van der Waals surface area contributed by atoms with Crippen molar-refractivity contribution in [2.75, 3.05) is 41.1 Å². The number of hydrogen-bond acceptors (Lipinski definition) is 4. The Morgan fingerprint density at radius 3 is 2.44 bits per heavy atom. The van der Waals surface area contributed by atoms with E-state index in [2.05, 4.69) is 10.2 Å². The van der Waals surface area contributed by atoms with Crippen molar-refractivity contribution in [3.8, 4) is 0 Å². The van der Waals surface area contributed by atoms with E-state index in [0.717, 1.165) is 30.3 Å². The van der Waals surface area contributed by atoms with Crippen molar-refractivity contribution in [1.29, 1.82) is 0 Å². The van der Waals surface area contributed by atoms with Crippen LogP contribution in [0.4, 0.5) is 11.4 Å². The molecule has 1 N–H and O–H groups in total. The lowest BCUT2D eigenvalue weighted by molar-refractivity contribution is 0.102. The summed E-state index contributed by atoms with van der Waals surface area (Å²) in [6.45, 7) is 1.97. The molecule has 0 aromatic heterocycles. The average molecular weight is 395 g/mol. The van der Waals surface area contributed by atoms with E-state index in [1.54, 1.807) is 36.6 Å². The Labute approximate surface area is 159 Å². The molecule has 1 aliphatic rings. The van der Waals surface area contributed by atoms with E-state index in [4.69, 9.17) is 11.6 Å². The van der Waals surface area contributed by atoms with Gasteiger partial charge in [0.2, 0.25) is 0 Å². The molecular weight excluding hydrogens is 376 g/mol. The van der Waals surface area contributed by atoms with E-state index in [0.29, 0.717) is 21.2 Å². The van der Waals surface area contributed by atoms with E-state index >= 15 is 0 Å². The third kappa shape index (κ3) is 4.57. The molecule has 3 rings (SSSR count). The minimum atomic E-state index is -1.05.